The molecule has 1 aromatic rings. The second-order valence-corrected chi connectivity index (χ2v) is 5.47. The Morgan fingerprint density at radius 1 is 1.56 bits per heavy atom. The summed E-state index contributed by atoms with van der Waals surface area (Å²) in [5, 5.41) is 8.92. The molecule has 90 valence electrons. The van der Waals surface area contributed by atoms with Gasteiger partial charge in [0, 0.05) is 19.3 Å². The lowest BCUT2D eigenvalue weighted by Crippen LogP contribution is -2.37. The van der Waals surface area contributed by atoms with Gasteiger partial charge in [0.05, 0.1) is 6.61 Å². The number of likely N-dealkylation sites (N-methyl/N-ethyl adjacent to an activating group) is 1. The Hall–Kier alpha value is -1.18. The highest BCUT2D eigenvalue weighted by Crippen LogP contribution is 2.15. The summed E-state index contributed by atoms with van der Waals surface area (Å²) < 4.78 is 25.1. The van der Waals surface area contributed by atoms with Gasteiger partial charge in [-0.3, -0.25) is 0 Å². The van der Waals surface area contributed by atoms with Crippen molar-refractivity contribution in [1.82, 2.24) is 9.29 Å². The van der Waals surface area contributed by atoms with Crippen LogP contribution < -0.4 is 5.73 Å². The van der Waals surface area contributed by atoms with Gasteiger partial charge in [0.2, 0.25) is 10.0 Å². The molecule has 6 nitrogen and oxygen atoms in total. The van der Waals surface area contributed by atoms with Crippen molar-refractivity contribution in [3.8, 4) is 0 Å². The van der Waals surface area contributed by atoms with E-state index in [2.05, 4.69) is 4.98 Å². The Labute approximate surface area is 94.8 Å². The van der Waals surface area contributed by atoms with Crippen molar-refractivity contribution in [1.29, 1.82) is 0 Å². The Morgan fingerprint density at radius 3 is 2.62 bits per heavy atom. The van der Waals surface area contributed by atoms with Crippen LogP contribution in [-0.4, -0.2) is 42.5 Å². The number of hydrogen-bond donors (Lipinski definition) is 2. The van der Waals surface area contributed by atoms with Crippen molar-refractivity contribution < 1.29 is 13.5 Å². The molecule has 1 aromatic heterocycles. The van der Waals surface area contributed by atoms with Crippen LogP contribution in [-0.2, 0) is 10.0 Å². The minimum absolute atomic E-state index is 0.0597. The molecule has 3 N–H and O–H groups in total. The van der Waals surface area contributed by atoms with Crippen molar-refractivity contribution in [3.05, 3.63) is 18.3 Å². The fourth-order valence-electron chi connectivity index (χ4n) is 1.06. The molecule has 1 atom stereocenters. The molecule has 1 unspecified atom stereocenters. The SMILES string of the molecule is CC(CO)N(C)S(=O)(=O)c1ccc(N)nc1. The van der Waals surface area contributed by atoms with E-state index >= 15 is 0 Å². The largest absolute Gasteiger partial charge is 0.395 e. The fraction of sp³-hybridized carbons (Fsp3) is 0.444. The van der Waals surface area contributed by atoms with Crippen LogP contribution in [0.15, 0.2) is 23.2 Å². The predicted octanol–water partition coefficient (Wildman–Crippen LogP) is -0.335. The number of sulfonamides is 1. The zero-order valence-electron chi connectivity index (χ0n) is 9.16. The lowest BCUT2D eigenvalue weighted by Gasteiger charge is -2.22. The van der Waals surface area contributed by atoms with E-state index in [1.54, 1.807) is 6.92 Å². The molecule has 1 heterocycles. The van der Waals surface area contributed by atoms with Crippen LogP contribution in [0.2, 0.25) is 0 Å². The van der Waals surface area contributed by atoms with E-state index < -0.39 is 16.1 Å². The van der Waals surface area contributed by atoms with Crippen molar-refractivity contribution >= 4 is 15.8 Å². The second-order valence-electron chi connectivity index (χ2n) is 3.47. The third-order valence-electron chi connectivity index (χ3n) is 2.32. The number of rotatable bonds is 4. The number of aromatic nitrogens is 1. The molecule has 0 spiro atoms. The lowest BCUT2D eigenvalue weighted by atomic mass is 10.4. The van der Waals surface area contributed by atoms with Gasteiger partial charge in [-0.05, 0) is 19.1 Å². The molecule has 0 bridgehead atoms. The summed E-state index contributed by atoms with van der Waals surface area (Å²) in [4.78, 5) is 3.78. The first-order chi connectivity index (χ1) is 7.39. The Kier molecular flexibility index (Phi) is 3.84. The lowest BCUT2D eigenvalue weighted by molar-refractivity contribution is 0.214. The topological polar surface area (TPSA) is 96.5 Å². The van der Waals surface area contributed by atoms with Crippen LogP contribution in [0, 0.1) is 0 Å². The summed E-state index contributed by atoms with van der Waals surface area (Å²) in [5.74, 6) is 0.261. The van der Waals surface area contributed by atoms with E-state index in [1.807, 2.05) is 0 Å². The number of anilines is 1. The van der Waals surface area contributed by atoms with Crippen LogP contribution in [0.3, 0.4) is 0 Å². The molecule has 0 aliphatic heterocycles. The van der Waals surface area contributed by atoms with Crippen LogP contribution in [0.1, 0.15) is 6.92 Å². The first kappa shape index (κ1) is 12.9. The molecule has 0 amide bonds. The minimum atomic E-state index is -3.61. The Bertz CT molecular complexity index is 444. The standard InChI is InChI=1S/C9H15N3O3S/c1-7(6-13)12(2)16(14,15)8-3-4-9(10)11-5-8/h3-5,7,13H,6H2,1-2H3,(H2,10,11). The summed E-state index contributed by atoms with van der Waals surface area (Å²) in [6.07, 6.45) is 1.20. The van der Waals surface area contributed by atoms with Gasteiger partial charge in [0.25, 0.3) is 0 Å². The molecule has 0 aromatic carbocycles. The third kappa shape index (κ3) is 2.49. The zero-order chi connectivity index (χ0) is 12.3. The maximum absolute atomic E-state index is 12.0. The fourth-order valence-corrected chi connectivity index (χ4v) is 2.36. The minimum Gasteiger partial charge on any atom is -0.395 e. The highest BCUT2D eigenvalue weighted by Gasteiger charge is 2.24. The van der Waals surface area contributed by atoms with Gasteiger partial charge in [0.1, 0.15) is 10.7 Å². The smallest absolute Gasteiger partial charge is 0.244 e. The monoisotopic (exact) mass is 245 g/mol. The van der Waals surface area contributed by atoms with Crippen molar-refractivity contribution in [2.45, 2.75) is 17.9 Å². The molecule has 0 saturated heterocycles. The van der Waals surface area contributed by atoms with Gasteiger partial charge in [-0.15, -0.1) is 0 Å². The number of nitrogens with two attached hydrogens (primary N) is 1. The predicted molar refractivity (Wildman–Crippen MR) is 60.1 cm³/mol. The van der Waals surface area contributed by atoms with E-state index in [-0.39, 0.29) is 17.3 Å². The van der Waals surface area contributed by atoms with Crippen LogP contribution in [0.25, 0.3) is 0 Å². The quantitative estimate of drug-likeness (QED) is 0.756. The van der Waals surface area contributed by atoms with Crippen molar-refractivity contribution in [2.75, 3.05) is 19.4 Å². The number of aliphatic hydroxyl groups excluding tert-OH is 1. The summed E-state index contributed by atoms with van der Waals surface area (Å²) in [6.45, 7) is 1.38. The number of nitrogens with zero attached hydrogens (tertiary/aromatic N) is 2. The van der Waals surface area contributed by atoms with E-state index in [0.29, 0.717) is 0 Å². The molecule has 7 heteroatoms. The molecule has 0 aliphatic rings. The summed E-state index contributed by atoms with van der Waals surface area (Å²) in [5.41, 5.74) is 5.37. The number of pyridine rings is 1. The summed E-state index contributed by atoms with van der Waals surface area (Å²) in [7, 11) is -2.20. The van der Waals surface area contributed by atoms with Crippen molar-refractivity contribution in [3.63, 3.8) is 0 Å². The van der Waals surface area contributed by atoms with Gasteiger partial charge in [-0.1, -0.05) is 0 Å². The molecular weight excluding hydrogens is 230 g/mol. The van der Waals surface area contributed by atoms with Crippen molar-refractivity contribution in [2.24, 2.45) is 0 Å². The molecule has 0 aliphatic carbocycles. The molecule has 16 heavy (non-hydrogen) atoms. The first-order valence-corrected chi connectivity index (χ1v) is 6.14. The normalized spacial score (nSPS) is 14.0. The highest BCUT2D eigenvalue weighted by molar-refractivity contribution is 7.89. The number of nitrogen functional groups attached to an aromatic ring is 1. The molecule has 0 saturated carbocycles. The maximum atomic E-state index is 12.0. The van der Waals surface area contributed by atoms with E-state index in [1.165, 1.54) is 25.4 Å². The summed E-state index contributed by atoms with van der Waals surface area (Å²) >= 11 is 0. The first-order valence-electron chi connectivity index (χ1n) is 4.70. The Balaban J connectivity index is 3.07. The maximum Gasteiger partial charge on any atom is 0.244 e. The van der Waals surface area contributed by atoms with E-state index in [9.17, 15) is 8.42 Å². The molecule has 0 fully saturated rings. The van der Waals surface area contributed by atoms with Gasteiger partial charge in [0.15, 0.2) is 0 Å². The number of aliphatic hydroxyl groups is 1. The highest BCUT2D eigenvalue weighted by atomic mass is 32.2. The van der Waals surface area contributed by atoms with E-state index in [0.717, 1.165) is 4.31 Å². The van der Waals surface area contributed by atoms with E-state index in [4.69, 9.17) is 10.8 Å². The zero-order valence-corrected chi connectivity index (χ0v) is 9.98. The third-order valence-corrected chi connectivity index (χ3v) is 4.28. The Morgan fingerprint density at radius 2 is 2.19 bits per heavy atom. The van der Waals surface area contributed by atoms with Crippen LogP contribution in [0.5, 0.6) is 0 Å². The second kappa shape index (κ2) is 4.77. The van der Waals surface area contributed by atoms with Crippen LogP contribution in [0.4, 0.5) is 5.82 Å². The molecule has 0 radical (unpaired) electrons. The van der Waals surface area contributed by atoms with Gasteiger partial charge in [-0.2, -0.15) is 4.31 Å². The molecule has 1 rings (SSSR count). The van der Waals surface area contributed by atoms with Crippen LogP contribution >= 0.6 is 0 Å². The van der Waals surface area contributed by atoms with Gasteiger partial charge in [-0.25, -0.2) is 13.4 Å². The summed E-state index contributed by atoms with van der Waals surface area (Å²) in [6, 6.07) is 2.32. The van der Waals surface area contributed by atoms with Gasteiger partial charge >= 0.3 is 0 Å². The average Bonchev–Trinajstić information content (AvgIpc) is 2.27. The average molecular weight is 245 g/mol. The molecular formula is C9H15N3O3S. The number of hydrogen-bond acceptors (Lipinski definition) is 5. The van der Waals surface area contributed by atoms with Gasteiger partial charge < -0.3 is 10.8 Å².